The molecule has 0 bridgehead atoms. The first kappa shape index (κ1) is 10.6. The molecule has 2 aromatic heterocycles. The molecule has 0 aliphatic rings. The third kappa shape index (κ3) is 1.87. The molecule has 0 unspecified atom stereocenters. The Hall–Kier alpha value is -1.96. The number of nitrogen functional groups attached to an aromatic ring is 1. The zero-order chi connectivity index (χ0) is 11.5. The number of imidazole rings is 1. The Labute approximate surface area is 94.7 Å². The number of hydrogen-bond acceptors (Lipinski definition) is 7. The average Bonchev–Trinajstić information content (AvgIpc) is 2.86. The van der Waals surface area contributed by atoms with E-state index in [1.807, 2.05) is 0 Å². The smallest absolute Gasteiger partial charge is 0.358 e. The van der Waals surface area contributed by atoms with Gasteiger partial charge in [0.1, 0.15) is 5.51 Å². The van der Waals surface area contributed by atoms with Gasteiger partial charge in [0, 0.05) is 0 Å². The SMILES string of the molecule is CCOC(=O)c1[nH]c(-c2nncs2)nc1N. The van der Waals surface area contributed by atoms with Crippen LogP contribution in [0.3, 0.4) is 0 Å². The average molecular weight is 239 g/mol. The highest BCUT2D eigenvalue weighted by atomic mass is 32.1. The van der Waals surface area contributed by atoms with Gasteiger partial charge < -0.3 is 15.5 Å². The zero-order valence-electron chi connectivity index (χ0n) is 8.43. The second kappa shape index (κ2) is 4.27. The van der Waals surface area contributed by atoms with Gasteiger partial charge in [-0.05, 0) is 6.92 Å². The highest BCUT2D eigenvalue weighted by Crippen LogP contribution is 2.20. The van der Waals surface area contributed by atoms with Crippen molar-refractivity contribution in [1.82, 2.24) is 20.2 Å². The van der Waals surface area contributed by atoms with Gasteiger partial charge >= 0.3 is 5.97 Å². The number of hydrogen-bond donors (Lipinski definition) is 2. The third-order valence-electron chi connectivity index (χ3n) is 1.77. The Balaban J connectivity index is 2.32. The third-order valence-corrected chi connectivity index (χ3v) is 2.47. The summed E-state index contributed by atoms with van der Waals surface area (Å²) >= 11 is 1.30. The van der Waals surface area contributed by atoms with Gasteiger partial charge in [0.25, 0.3) is 0 Å². The lowest BCUT2D eigenvalue weighted by molar-refractivity contribution is 0.0521. The number of H-pyrrole nitrogens is 1. The number of aromatic amines is 1. The van der Waals surface area contributed by atoms with Gasteiger partial charge in [-0.2, -0.15) is 0 Å². The van der Waals surface area contributed by atoms with E-state index >= 15 is 0 Å². The minimum absolute atomic E-state index is 0.101. The molecule has 2 aromatic rings. The van der Waals surface area contributed by atoms with E-state index in [4.69, 9.17) is 10.5 Å². The van der Waals surface area contributed by atoms with Crippen molar-refractivity contribution in [2.45, 2.75) is 6.92 Å². The van der Waals surface area contributed by atoms with E-state index in [0.717, 1.165) is 0 Å². The van der Waals surface area contributed by atoms with Crippen molar-refractivity contribution in [1.29, 1.82) is 0 Å². The maximum Gasteiger partial charge on any atom is 0.358 e. The number of ether oxygens (including phenoxy) is 1. The van der Waals surface area contributed by atoms with Crippen molar-refractivity contribution in [2.75, 3.05) is 12.3 Å². The number of nitrogens with one attached hydrogen (secondary N) is 1. The normalized spacial score (nSPS) is 10.3. The quantitative estimate of drug-likeness (QED) is 0.763. The number of carbonyl (C=O) groups excluding carboxylic acids is 1. The number of carbonyl (C=O) groups is 1. The van der Waals surface area contributed by atoms with E-state index in [0.29, 0.717) is 10.8 Å². The first-order chi connectivity index (χ1) is 7.72. The molecule has 0 aliphatic heterocycles. The number of aromatic nitrogens is 4. The van der Waals surface area contributed by atoms with Crippen molar-refractivity contribution < 1.29 is 9.53 Å². The van der Waals surface area contributed by atoms with E-state index in [2.05, 4.69) is 20.2 Å². The van der Waals surface area contributed by atoms with Crippen LogP contribution in [0.4, 0.5) is 5.82 Å². The molecule has 0 spiro atoms. The molecule has 16 heavy (non-hydrogen) atoms. The van der Waals surface area contributed by atoms with Crippen LogP contribution in [0.2, 0.25) is 0 Å². The molecule has 2 rings (SSSR count). The van der Waals surface area contributed by atoms with Gasteiger partial charge in [-0.3, -0.25) is 0 Å². The summed E-state index contributed by atoms with van der Waals surface area (Å²) in [5.41, 5.74) is 7.30. The zero-order valence-corrected chi connectivity index (χ0v) is 9.24. The molecule has 0 saturated heterocycles. The van der Waals surface area contributed by atoms with Crippen molar-refractivity contribution in [3.05, 3.63) is 11.2 Å². The molecule has 84 valence electrons. The van der Waals surface area contributed by atoms with Gasteiger partial charge in [-0.1, -0.05) is 11.3 Å². The lowest BCUT2D eigenvalue weighted by Crippen LogP contribution is -2.07. The van der Waals surface area contributed by atoms with Gasteiger partial charge in [-0.15, -0.1) is 10.2 Å². The van der Waals surface area contributed by atoms with Crippen molar-refractivity contribution in [3.63, 3.8) is 0 Å². The monoisotopic (exact) mass is 239 g/mol. The number of nitrogens with zero attached hydrogens (tertiary/aromatic N) is 3. The standard InChI is InChI=1S/C8H9N5O2S/c1-2-15-8(14)4-5(9)12-6(11-4)7-13-10-3-16-7/h3H,2,9H2,1H3,(H,11,12). The predicted molar refractivity (Wildman–Crippen MR) is 57.9 cm³/mol. The summed E-state index contributed by atoms with van der Waals surface area (Å²) in [5, 5.41) is 8.06. The van der Waals surface area contributed by atoms with Gasteiger partial charge in [0.2, 0.25) is 0 Å². The Morgan fingerprint density at radius 3 is 3.12 bits per heavy atom. The number of esters is 1. The second-order valence-electron chi connectivity index (χ2n) is 2.81. The second-order valence-corrected chi connectivity index (χ2v) is 3.64. The van der Waals surface area contributed by atoms with E-state index in [1.54, 1.807) is 12.4 Å². The summed E-state index contributed by atoms with van der Waals surface area (Å²) in [6.45, 7) is 2.00. The Morgan fingerprint density at radius 1 is 1.69 bits per heavy atom. The van der Waals surface area contributed by atoms with Crippen LogP contribution in [-0.4, -0.2) is 32.7 Å². The minimum Gasteiger partial charge on any atom is -0.461 e. The number of anilines is 1. The predicted octanol–water partition coefficient (Wildman–Crippen LogP) is 0.687. The molecular formula is C8H9N5O2S. The van der Waals surface area contributed by atoms with Gasteiger partial charge in [0.15, 0.2) is 22.3 Å². The summed E-state index contributed by atoms with van der Waals surface area (Å²) in [6, 6.07) is 0. The summed E-state index contributed by atoms with van der Waals surface area (Å²) in [7, 11) is 0. The number of rotatable bonds is 3. The van der Waals surface area contributed by atoms with E-state index in [9.17, 15) is 4.79 Å². The fraction of sp³-hybridized carbons (Fsp3) is 0.250. The van der Waals surface area contributed by atoms with Crippen LogP contribution in [0.5, 0.6) is 0 Å². The van der Waals surface area contributed by atoms with Crippen LogP contribution in [0.1, 0.15) is 17.4 Å². The van der Waals surface area contributed by atoms with Crippen LogP contribution < -0.4 is 5.73 Å². The fourth-order valence-electron chi connectivity index (χ4n) is 1.12. The minimum atomic E-state index is -0.525. The Morgan fingerprint density at radius 2 is 2.50 bits per heavy atom. The molecule has 7 nitrogen and oxygen atoms in total. The highest BCUT2D eigenvalue weighted by molar-refractivity contribution is 7.12. The van der Waals surface area contributed by atoms with Crippen molar-refractivity contribution in [3.8, 4) is 10.8 Å². The molecule has 0 aromatic carbocycles. The topological polar surface area (TPSA) is 107 Å². The first-order valence-electron chi connectivity index (χ1n) is 4.51. The summed E-state index contributed by atoms with van der Waals surface area (Å²) < 4.78 is 4.82. The molecular weight excluding hydrogens is 230 g/mol. The maximum atomic E-state index is 11.4. The lowest BCUT2D eigenvalue weighted by atomic mass is 10.4. The summed E-state index contributed by atoms with van der Waals surface area (Å²) in [6.07, 6.45) is 0. The molecule has 2 heterocycles. The first-order valence-corrected chi connectivity index (χ1v) is 5.39. The molecule has 3 N–H and O–H groups in total. The van der Waals surface area contributed by atoms with E-state index < -0.39 is 5.97 Å². The van der Waals surface area contributed by atoms with Crippen molar-refractivity contribution in [2.24, 2.45) is 0 Å². The highest BCUT2D eigenvalue weighted by Gasteiger charge is 2.18. The van der Waals surface area contributed by atoms with Crippen LogP contribution >= 0.6 is 11.3 Å². The maximum absolute atomic E-state index is 11.4. The molecule has 8 heteroatoms. The fourth-order valence-corrected chi connectivity index (χ4v) is 1.62. The summed E-state index contributed by atoms with van der Waals surface area (Å²) in [4.78, 5) is 18.2. The van der Waals surface area contributed by atoms with Crippen LogP contribution in [0.25, 0.3) is 10.8 Å². The van der Waals surface area contributed by atoms with Gasteiger partial charge in [-0.25, -0.2) is 9.78 Å². The van der Waals surface area contributed by atoms with E-state index in [1.165, 1.54) is 11.3 Å². The molecule has 0 aliphatic carbocycles. The Kier molecular flexibility index (Phi) is 2.82. The van der Waals surface area contributed by atoms with Gasteiger partial charge in [0.05, 0.1) is 6.61 Å². The number of nitrogens with two attached hydrogens (primary N) is 1. The Bertz CT molecular complexity index is 493. The summed E-state index contributed by atoms with van der Waals surface area (Å²) in [5.74, 6) is -0.00466. The molecule has 0 radical (unpaired) electrons. The lowest BCUT2D eigenvalue weighted by Gasteiger charge is -1.98. The molecule has 0 atom stereocenters. The van der Waals surface area contributed by atoms with Crippen LogP contribution in [0.15, 0.2) is 5.51 Å². The van der Waals surface area contributed by atoms with E-state index in [-0.39, 0.29) is 18.1 Å². The van der Waals surface area contributed by atoms with Crippen LogP contribution in [0, 0.1) is 0 Å². The largest absolute Gasteiger partial charge is 0.461 e. The van der Waals surface area contributed by atoms with Crippen LogP contribution in [-0.2, 0) is 4.74 Å². The molecule has 0 amide bonds. The molecule has 0 fully saturated rings. The molecule has 0 saturated carbocycles. The van der Waals surface area contributed by atoms with Crippen molar-refractivity contribution >= 4 is 23.1 Å².